The Kier molecular flexibility index (Phi) is 3.40. The number of aliphatic hydroxyl groups is 1. The van der Waals surface area contributed by atoms with Gasteiger partial charge in [0.1, 0.15) is 0 Å². The van der Waals surface area contributed by atoms with Crippen LogP contribution in [-0.2, 0) is 6.42 Å². The molecule has 2 nitrogen and oxygen atoms in total. The Morgan fingerprint density at radius 2 is 2.11 bits per heavy atom. The van der Waals surface area contributed by atoms with Gasteiger partial charge in [0.2, 0.25) is 0 Å². The zero-order valence-corrected chi connectivity index (χ0v) is 11.2. The van der Waals surface area contributed by atoms with E-state index >= 15 is 0 Å². The van der Waals surface area contributed by atoms with Crippen LogP contribution in [0, 0.1) is 0 Å². The first kappa shape index (κ1) is 12.2. The van der Waals surface area contributed by atoms with E-state index in [2.05, 4.69) is 30.0 Å². The summed E-state index contributed by atoms with van der Waals surface area (Å²) in [6, 6.07) is 9.37. The average Bonchev–Trinajstić information content (AvgIpc) is 2.76. The van der Waals surface area contributed by atoms with Gasteiger partial charge in [0.05, 0.1) is 6.10 Å². The number of aliphatic hydroxyl groups excluding tert-OH is 1. The van der Waals surface area contributed by atoms with E-state index in [4.69, 9.17) is 0 Å². The first-order valence-corrected chi connectivity index (χ1v) is 7.33. The van der Waals surface area contributed by atoms with Crippen LogP contribution in [0.4, 0.5) is 0 Å². The van der Waals surface area contributed by atoms with Gasteiger partial charge >= 0.3 is 0 Å². The number of rotatable bonds is 2. The summed E-state index contributed by atoms with van der Waals surface area (Å²) in [6.45, 7) is 3.44. The van der Waals surface area contributed by atoms with Crippen molar-refractivity contribution in [1.29, 1.82) is 0 Å². The third kappa shape index (κ3) is 1.98. The number of hydrogen-bond donors (Lipinski definition) is 1. The zero-order valence-electron chi connectivity index (χ0n) is 11.2. The highest BCUT2D eigenvalue weighted by atomic mass is 16.3. The standard InChI is InChI=1S/C16H23NO/c1-2-13-8-5-6-10-17(13)15-11-12-7-3-4-9-14(12)16(15)18/h3-4,7,9,13,15-16,18H,2,5-6,8,10-11H2,1H3. The van der Waals surface area contributed by atoms with Crippen molar-refractivity contribution >= 4 is 0 Å². The van der Waals surface area contributed by atoms with Gasteiger partial charge in [-0.05, 0) is 43.4 Å². The van der Waals surface area contributed by atoms with E-state index < -0.39 is 0 Å². The van der Waals surface area contributed by atoms with Gasteiger partial charge in [-0.15, -0.1) is 0 Å². The van der Waals surface area contributed by atoms with E-state index in [0.29, 0.717) is 12.1 Å². The highest BCUT2D eigenvalue weighted by Crippen LogP contribution is 2.37. The van der Waals surface area contributed by atoms with E-state index in [1.54, 1.807) is 0 Å². The molecule has 0 spiro atoms. The topological polar surface area (TPSA) is 23.5 Å². The van der Waals surface area contributed by atoms with Gasteiger partial charge < -0.3 is 5.11 Å². The van der Waals surface area contributed by atoms with Gasteiger partial charge in [0.25, 0.3) is 0 Å². The molecule has 0 amide bonds. The molecule has 18 heavy (non-hydrogen) atoms. The number of fused-ring (bicyclic) bond motifs is 1. The molecule has 1 aromatic carbocycles. The molecular formula is C16H23NO. The van der Waals surface area contributed by atoms with Gasteiger partial charge in [-0.2, -0.15) is 0 Å². The SMILES string of the molecule is CCC1CCCCN1C1Cc2ccccc2C1O. The molecule has 0 bridgehead atoms. The van der Waals surface area contributed by atoms with Crippen molar-refractivity contribution in [2.45, 2.75) is 57.2 Å². The van der Waals surface area contributed by atoms with Gasteiger partial charge in [-0.1, -0.05) is 37.6 Å². The second kappa shape index (κ2) is 5.02. The molecule has 1 N–H and O–H groups in total. The minimum Gasteiger partial charge on any atom is -0.387 e. The summed E-state index contributed by atoms with van der Waals surface area (Å²) in [6.07, 6.45) is 5.89. The molecule has 2 aliphatic rings. The van der Waals surface area contributed by atoms with Crippen molar-refractivity contribution in [3.63, 3.8) is 0 Å². The molecule has 0 saturated carbocycles. The summed E-state index contributed by atoms with van der Waals surface area (Å²) in [4.78, 5) is 2.58. The Bertz CT molecular complexity index is 417. The zero-order chi connectivity index (χ0) is 12.5. The van der Waals surface area contributed by atoms with Crippen LogP contribution in [0.5, 0.6) is 0 Å². The van der Waals surface area contributed by atoms with E-state index in [0.717, 1.165) is 18.5 Å². The Morgan fingerprint density at radius 3 is 2.89 bits per heavy atom. The fraction of sp³-hybridized carbons (Fsp3) is 0.625. The highest BCUT2D eigenvalue weighted by molar-refractivity contribution is 5.36. The Balaban J connectivity index is 1.82. The second-order valence-corrected chi connectivity index (χ2v) is 5.71. The van der Waals surface area contributed by atoms with Gasteiger partial charge in [0.15, 0.2) is 0 Å². The van der Waals surface area contributed by atoms with Crippen molar-refractivity contribution in [2.24, 2.45) is 0 Å². The minimum absolute atomic E-state index is 0.284. The molecule has 3 atom stereocenters. The number of likely N-dealkylation sites (tertiary alicyclic amines) is 1. The monoisotopic (exact) mass is 245 g/mol. The Labute approximate surface area is 110 Å². The van der Waals surface area contributed by atoms with Crippen molar-refractivity contribution in [1.82, 2.24) is 4.90 Å². The second-order valence-electron chi connectivity index (χ2n) is 5.71. The number of nitrogens with zero attached hydrogens (tertiary/aromatic N) is 1. The maximum absolute atomic E-state index is 10.6. The van der Waals surface area contributed by atoms with E-state index in [1.807, 2.05) is 6.07 Å². The molecule has 0 aromatic heterocycles. The first-order chi connectivity index (χ1) is 8.81. The molecule has 1 fully saturated rings. The Hall–Kier alpha value is -0.860. The van der Waals surface area contributed by atoms with Crippen molar-refractivity contribution in [3.8, 4) is 0 Å². The maximum Gasteiger partial charge on any atom is 0.0951 e. The van der Waals surface area contributed by atoms with Crippen LogP contribution in [0.15, 0.2) is 24.3 Å². The molecule has 2 heteroatoms. The number of benzene rings is 1. The minimum atomic E-state index is -0.284. The molecule has 98 valence electrons. The van der Waals surface area contributed by atoms with Crippen LogP contribution in [0.3, 0.4) is 0 Å². The summed E-state index contributed by atoms with van der Waals surface area (Å²) >= 11 is 0. The van der Waals surface area contributed by atoms with Crippen LogP contribution in [0.2, 0.25) is 0 Å². The fourth-order valence-corrected chi connectivity index (χ4v) is 3.75. The van der Waals surface area contributed by atoms with Crippen LogP contribution >= 0.6 is 0 Å². The quantitative estimate of drug-likeness (QED) is 0.866. The lowest BCUT2D eigenvalue weighted by molar-refractivity contribution is 0.0154. The molecule has 3 unspecified atom stereocenters. The van der Waals surface area contributed by atoms with Crippen molar-refractivity contribution < 1.29 is 5.11 Å². The van der Waals surface area contributed by atoms with Gasteiger partial charge in [-0.25, -0.2) is 0 Å². The summed E-state index contributed by atoms with van der Waals surface area (Å²) in [5.41, 5.74) is 2.50. The first-order valence-electron chi connectivity index (χ1n) is 7.33. The lowest BCUT2D eigenvalue weighted by Crippen LogP contribution is -2.47. The number of hydrogen-bond acceptors (Lipinski definition) is 2. The molecule has 0 radical (unpaired) electrons. The molecule has 1 heterocycles. The molecule has 1 aliphatic carbocycles. The summed E-state index contributed by atoms with van der Waals surface area (Å²) in [7, 11) is 0. The van der Waals surface area contributed by atoms with E-state index in [1.165, 1.54) is 31.2 Å². The summed E-state index contributed by atoms with van der Waals surface area (Å²) in [5.74, 6) is 0. The van der Waals surface area contributed by atoms with Crippen LogP contribution in [0.25, 0.3) is 0 Å². The van der Waals surface area contributed by atoms with Crippen LogP contribution < -0.4 is 0 Å². The maximum atomic E-state index is 10.6. The van der Waals surface area contributed by atoms with Crippen LogP contribution in [0.1, 0.15) is 49.8 Å². The fourth-order valence-electron chi connectivity index (χ4n) is 3.75. The smallest absolute Gasteiger partial charge is 0.0951 e. The van der Waals surface area contributed by atoms with Crippen molar-refractivity contribution in [2.75, 3.05) is 6.54 Å². The third-order valence-corrected chi connectivity index (χ3v) is 4.74. The summed E-state index contributed by atoms with van der Waals surface area (Å²) in [5, 5.41) is 10.6. The largest absolute Gasteiger partial charge is 0.387 e. The molecule has 1 aromatic rings. The lowest BCUT2D eigenvalue weighted by Gasteiger charge is -2.40. The molecule has 3 rings (SSSR count). The lowest BCUT2D eigenvalue weighted by atomic mass is 9.96. The Morgan fingerprint density at radius 1 is 1.28 bits per heavy atom. The predicted octanol–water partition coefficient (Wildman–Crippen LogP) is 2.91. The van der Waals surface area contributed by atoms with Crippen molar-refractivity contribution in [3.05, 3.63) is 35.4 Å². The van der Waals surface area contributed by atoms with Crippen LogP contribution in [-0.4, -0.2) is 28.6 Å². The van der Waals surface area contributed by atoms with Gasteiger partial charge in [0, 0.05) is 12.1 Å². The summed E-state index contributed by atoms with van der Waals surface area (Å²) < 4.78 is 0. The molecular weight excluding hydrogens is 222 g/mol. The molecule has 1 aliphatic heterocycles. The number of piperidine rings is 1. The third-order valence-electron chi connectivity index (χ3n) is 4.74. The average molecular weight is 245 g/mol. The highest BCUT2D eigenvalue weighted by Gasteiger charge is 2.38. The van der Waals surface area contributed by atoms with E-state index in [9.17, 15) is 5.11 Å². The normalized spacial score (nSPS) is 32.4. The molecule has 1 saturated heterocycles. The predicted molar refractivity (Wildman–Crippen MR) is 73.5 cm³/mol. The van der Waals surface area contributed by atoms with E-state index in [-0.39, 0.29) is 6.10 Å². The van der Waals surface area contributed by atoms with Gasteiger partial charge in [-0.3, -0.25) is 4.90 Å².